The van der Waals surface area contributed by atoms with Crippen LogP contribution in [0.15, 0.2) is 54.7 Å². The van der Waals surface area contributed by atoms with Gasteiger partial charge < -0.3 is 19.7 Å². The van der Waals surface area contributed by atoms with Crippen molar-refractivity contribution in [3.63, 3.8) is 0 Å². The van der Waals surface area contributed by atoms with Gasteiger partial charge in [0.05, 0.1) is 17.7 Å². The summed E-state index contributed by atoms with van der Waals surface area (Å²) in [6.45, 7) is 0.757. The highest BCUT2D eigenvalue weighted by Crippen LogP contribution is 2.40. The number of hydrogen-bond donors (Lipinski definition) is 2. The van der Waals surface area contributed by atoms with Crippen molar-refractivity contribution in [1.29, 1.82) is 0 Å². The number of benzene rings is 2. The molecule has 1 aliphatic carbocycles. The van der Waals surface area contributed by atoms with Crippen LogP contribution in [0.4, 0.5) is 0 Å². The Morgan fingerprint density at radius 3 is 2.62 bits per heavy atom. The standard InChI is InChI=1S/C25H30N2O2/c1-26-15-22-13-21(28)14-25(29-22)27-16-20(23-4-2-3-5-24(23)27)12-17-6-8-18(9-7-17)19-10-11-19/h2-9,16,19,21-22,25-26,28H,10-15H2,1H3/t21-,22-,25+/m0/s1. The molecule has 2 heterocycles. The van der Waals surface area contributed by atoms with Crippen LogP contribution in [0.3, 0.4) is 0 Å². The lowest BCUT2D eigenvalue weighted by molar-refractivity contribution is -0.125. The number of rotatable bonds is 6. The summed E-state index contributed by atoms with van der Waals surface area (Å²) in [7, 11) is 1.93. The van der Waals surface area contributed by atoms with Gasteiger partial charge in [0.25, 0.3) is 0 Å². The predicted molar refractivity (Wildman–Crippen MR) is 116 cm³/mol. The Kier molecular flexibility index (Phi) is 5.17. The summed E-state index contributed by atoms with van der Waals surface area (Å²) in [5.41, 5.74) is 5.32. The van der Waals surface area contributed by atoms with E-state index in [1.54, 1.807) is 0 Å². The third-order valence-corrected chi connectivity index (χ3v) is 6.35. The fourth-order valence-electron chi connectivity index (χ4n) is 4.70. The molecule has 1 aliphatic heterocycles. The van der Waals surface area contributed by atoms with Gasteiger partial charge in [-0.1, -0.05) is 42.5 Å². The first-order valence-corrected chi connectivity index (χ1v) is 10.9. The molecule has 2 fully saturated rings. The molecule has 0 radical (unpaired) electrons. The zero-order valence-electron chi connectivity index (χ0n) is 17.1. The van der Waals surface area contributed by atoms with Crippen molar-refractivity contribution >= 4 is 10.9 Å². The summed E-state index contributed by atoms with van der Waals surface area (Å²) in [5.74, 6) is 0.798. The van der Waals surface area contributed by atoms with E-state index in [-0.39, 0.29) is 18.4 Å². The highest BCUT2D eigenvalue weighted by molar-refractivity contribution is 5.84. The molecule has 3 aromatic rings. The first-order chi connectivity index (χ1) is 14.2. The normalized spacial score (nSPS) is 24.8. The van der Waals surface area contributed by atoms with E-state index < -0.39 is 0 Å². The predicted octanol–water partition coefficient (Wildman–Crippen LogP) is 4.37. The number of aromatic nitrogens is 1. The van der Waals surface area contributed by atoms with Crippen LogP contribution >= 0.6 is 0 Å². The highest BCUT2D eigenvalue weighted by Gasteiger charge is 2.30. The number of fused-ring (bicyclic) bond motifs is 1. The minimum Gasteiger partial charge on any atom is -0.393 e. The van der Waals surface area contributed by atoms with Crippen molar-refractivity contribution in [1.82, 2.24) is 9.88 Å². The molecule has 1 saturated heterocycles. The number of likely N-dealkylation sites (N-methyl/N-ethyl adjacent to an activating group) is 1. The fourth-order valence-corrected chi connectivity index (χ4v) is 4.70. The Balaban J connectivity index is 1.44. The minimum absolute atomic E-state index is 0.0355. The lowest BCUT2D eigenvalue weighted by Gasteiger charge is -2.34. The van der Waals surface area contributed by atoms with E-state index in [1.165, 1.54) is 40.4 Å². The number of hydrogen-bond acceptors (Lipinski definition) is 3. The molecule has 2 aromatic carbocycles. The molecule has 3 atom stereocenters. The molecule has 2 aliphatic rings. The fraction of sp³-hybridized carbons (Fsp3) is 0.440. The molecule has 0 bridgehead atoms. The second-order valence-electron chi connectivity index (χ2n) is 8.67. The van der Waals surface area contributed by atoms with E-state index in [9.17, 15) is 5.11 Å². The molecular formula is C25H30N2O2. The number of aliphatic hydroxyl groups excluding tert-OH is 1. The molecule has 0 spiro atoms. The zero-order valence-corrected chi connectivity index (χ0v) is 17.1. The number of nitrogens with one attached hydrogen (secondary N) is 1. The number of ether oxygens (including phenoxy) is 1. The van der Waals surface area contributed by atoms with E-state index >= 15 is 0 Å². The van der Waals surface area contributed by atoms with Crippen molar-refractivity contribution in [2.24, 2.45) is 0 Å². The van der Waals surface area contributed by atoms with Gasteiger partial charge in [-0.15, -0.1) is 0 Å². The monoisotopic (exact) mass is 390 g/mol. The molecule has 5 rings (SSSR count). The van der Waals surface area contributed by atoms with Gasteiger partial charge in [-0.2, -0.15) is 0 Å². The summed E-state index contributed by atoms with van der Waals surface area (Å²) < 4.78 is 8.57. The van der Waals surface area contributed by atoms with Crippen LogP contribution in [0, 0.1) is 0 Å². The Labute approximate surface area is 172 Å². The first-order valence-electron chi connectivity index (χ1n) is 10.9. The van der Waals surface area contributed by atoms with Crippen LogP contribution in [0.1, 0.15) is 54.5 Å². The summed E-state index contributed by atoms with van der Waals surface area (Å²) >= 11 is 0. The van der Waals surface area contributed by atoms with Gasteiger partial charge in [0, 0.05) is 31.0 Å². The average Bonchev–Trinajstić information content (AvgIpc) is 3.51. The van der Waals surface area contributed by atoms with Crippen molar-refractivity contribution < 1.29 is 9.84 Å². The van der Waals surface area contributed by atoms with E-state index in [0.29, 0.717) is 12.8 Å². The smallest absolute Gasteiger partial charge is 0.136 e. The number of nitrogens with zero attached hydrogens (tertiary/aromatic N) is 1. The second kappa shape index (κ2) is 7.94. The second-order valence-corrected chi connectivity index (χ2v) is 8.67. The molecule has 4 nitrogen and oxygen atoms in total. The minimum atomic E-state index is -0.327. The molecule has 2 N–H and O–H groups in total. The molecule has 29 heavy (non-hydrogen) atoms. The third-order valence-electron chi connectivity index (χ3n) is 6.35. The lowest BCUT2D eigenvalue weighted by Crippen LogP contribution is -2.38. The SMILES string of the molecule is CNC[C@@H]1C[C@H](O)C[C@H](n2cc(Cc3ccc(C4CC4)cc3)c3ccccc32)O1. The molecule has 1 saturated carbocycles. The van der Waals surface area contributed by atoms with Crippen molar-refractivity contribution in [2.75, 3.05) is 13.6 Å². The maximum Gasteiger partial charge on any atom is 0.136 e. The van der Waals surface area contributed by atoms with Gasteiger partial charge in [-0.25, -0.2) is 0 Å². The van der Waals surface area contributed by atoms with Crippen molar-refractivity contribution in [2.45, 2.75) is 56.5 Å². The summed E-state index contributed by atoms with van der Waals surface area (Å²) in [6.07, 6.45) is 6.73. The van der Waals surface area contributed by atoms with E-state index in [1.807, 2.05) is 7.05 Å². The van der Waals surface area contributed by atoms with E-state index in [0.717, 1.165) is 18.9 Å². The van der Waals surface area contributed by atoms with Gasteiger partial charge in [0.15, 0.2) is 0 Å². The summed E-state index contributed by atoms with van der Waals surface area (Å²) in [4.78, 5) is 0. The van der Waals surface area contributed by atoms with E-state index in [4.69, 9.17) is 4.74 Å². The van der Waals surface area contributed by atoms with Gasteiger partial charge in [-0.05, 0) is 55.0 Å². The first kappa shape index (κ1) is 18.9. The van der Waals surface area contributed by atoms with Gasteiger partial charge >= 0.3 is 0 Å². The van der Waals surface area contributed by atoms with Gasteiger partial charge in [-0.3, -0.25) is 0 Å². The lowest BCUT2D eigenvalue weighted by atomic mass is 10.0. The molecule has 0 unspecified atom stereocenters. The topological polar surface area (TPSA) is 46.4 Å². The molecule has 1 aromatic heterocycles. The maximum atomic E-state index is 10.4. The summed E-state index contributed by atoms with van der Waals surface area (Å²) in [6, 6.07) is 17.7. The van der Waals surface area contributed by atoms with Crippen LogP contribution < -0.4 is 5.32 Å². The molecule has 152 valence electrons. The van der Waals surface area contributed by atoms with Crippen molar-refractivity contribution in [3.8, 4) is 0 Å². The van der Waals surface area contributed by atoms with E-state index in [2.05, 4.69) is 64.6 Å². The maximum absolute atomic E-state index is 10.4. The number of aliphatic hydroxyl groups is 1. The Hall–Kier alpha value is -2.14. The molecule has 4 heteroatoms. The number of para-hydroxylation sites is 1. The van der Waals surface area contributed by atoms with Crippen LogP contribution in [0.25, 0.3) is 10.9 Å². The van der Waals surface area contributed by atoms with Crippen LogP contribution in [0.5, 0.6) is 0 Å². The summed E-state index contributed by atoms with van der Waals surface area (Å²) in [5, 5.41) is 14.9. The van der Waals surface area contributed by atoms with Crippen LogP contribution in [-0.4, -0.2) is 35.5 Å². The van der Waals surface area contributed by atoms with Crippen LogP contribution in [0.2, 0.25) is 0 Å². The van der Waals surface area contributed by atoms with Crippen molar-refractivity contribution in [3.05, 3.63) is 71.4 Å². The molecular weight excluding hydrogens is 360 g/mol. The quantitative estimate of drug-likeness (QED) is 0.657. The zero-order chi connectivity index (χ0) is 19.8. The third kappa shape index (κ3) is 3.97. The largest absolute Gasteiger partial charge is 0.393 e. The Morgan fingerprint density at radius 1 is 1.07 bits per heavy atom. The Morgan fingerprint density at radius 2 is 1.86 bits per heavy atom. The highest BCUT2D eigenvalue weighted by atomic mass is 16.5. The van der Waals surface area contributed by atoms with Crippen LogP contribution in [-0.2, 0) is 11.2 Å². The van der Waals surface area contributed by atoms with Gasteiger partial charge in [0.2, 0.25) is 0 Å². The molecule has 0 amide bonds. The Bertz CT molecular complexity index is 974. The average molecular weight is 391 g/mol. The van der Waals surface area contributed by atoms with Gasteiger partial charge in [0.1, 0.15) is 6.23 Å².